The van der Waals surface area contributed by atoms with E-state index in [4.69, 9.17) is 44.6 Å². The number of hydrogen-bond acceptors (Lipinski definition) is 21. The minimum atomic E-state index is -0.757. The van der Waals surface area contributed by atoms with E-state index in [0.29, 0.717) is 64.7 Å². The maximum atomic E-state index is 13.2. The van der Waals surface area contributed by atoms with E-state index in [2.05, 4.69) is 45.3 Å². The summed E-state index contributed by atoms with van der Waals surface area (Å²) in [4.78, 5) is 66.7. The topological polar surface area (TPSA) is 242 Å². The van der Waals surface area contributed by atoms with Crippen LogP contribution in [0.15, 0.2) is 65.5 Å². The summed E-state index contributed by atoms with van der Waals surface area (Å²) >= 11 is 0. The number of carbonyl (C=O) groups excluding carboxylic acids is 2. The highest BCUT2D eigenvalue weighted by molar-refractivity contribution is 6.32. The third kappa shape index (κ3) is 16.9. The van der Waals surface area contributed by atoms with E-state index < -0.39 is 11.8 Å². The zero-order chi connectivity index (χ0) is 51.9. The molecule has 0 atom stereocenters. The van der Waals surface area contributed by atoms with Crippen LogP contribution in [0.25, 0.3) is 33.9 Å². The first-order chi connectivity index (χ1) is 36.2. The van der Waals surface area contributed by atoms with Crippen molar-refractivity contribution < 1.29 is 33.3 Å². The number of aromatic nitrogens is 6. The summed E-state index contributed by atoms with van der Waals surface area (Å²) in [6.07, 6.45) is 0. The van der Waals surface area contributed by atoms with Crippen molar-refractivity contribution in [2.75, 3.05) is 179 Å². The van der Waals surface area contributed by atoms with Gasteiger partial charge in [-0.25, -0.2) is 29.7 Å². The molecule has 0 amide bonds. The first-order valence-corrected chi connectivity index (χ1v) is 25.8. The summed E-state index contributed by atoms with van der Waals surface area (Å²) in [5, 5.41) is 10.3. The van der Waals surface area contributed by atoms with Crippen molar-refractivity contribution in [2.45, 2.75) is 27.3 Å². The van der Waals surface area contributed by atoms with Crippen molar-refractivity contribution in [1.82, 2.24) is 49.1 Å². The number of anilines is 4. The number of morpholine rings is 4. The molecule has 22 nitrogen and oxygen atoms in total. The van der Waals surface area contributed by atoms with Gasteiger partial charge in [0.2, 0.25) is 5.78 Å². The molecule has 4 saturated heterocycles. The number of carbonyl (C=O) groups is 2. The molecule has 0 saturated carbocycles. The van der Waals surface area contributed by atoms with Crippen LogP contribution in [0.2, 0.25) is 0 Å². The Morgan fingerprint density at radius 2 is 0.959 bits per heavy atom. The fourth-order valence-electron chi connectivity index (χ4n) is 8.51. The molecule has 0 bridgehead atoms. The monoisotopic (exact) mass is 1020 g/mol. The van der Waals surface area contributed by atoms with Crippen molar-refractivity contribution in [3.05, 3.63) is 76.7 Å². The lowest BCUT2D eigenvalue weighted by atomic mass is 10.2. The number of ketones is 1. The summed E-state index contributed by atoms with van der Waals surface area (Å²) in [5.41, 5.74) is 10.4. The van der Waals surface area contributed by atoms with Gasteiger partial charge in [0.1, 0.15) is 16.9 Å². The molecule has 22 heteroatoms. The number of nitrogens with one attached hydrogen (secondary N) is 3. The fraction of sp³-hybridized carbons (Fsp3) is 0.538. The van der Waals surface area contributed by atoms with Crippen LogP contribution in [0.5, 0.6) is 0 Å². The highest BCUT2D eigenvalue weighted by atomic mass is 16.5. The van der Waals surface area contributed by atoms with E-state index in [0.717, 1.165) is 156 Å². The second-order valence-electron chi connectivity index (χ2n) is 18.0. The van der Waals surface area contributed by atoms with E-state index in [9.17, 15) is 14.4 Å². The van der Waals surface area contributed by atoms with Gasteiger partial charge in [0, 0.05) is 123 Å². The lowest BCUT2D eigenvalue weighted by Gasteiger charge is -2.27. The number of esters is 1. The number of nitrogens with two attached hydrogens (primary N) is 1. The molecule has 7 heterocycles. The van der Waals surface area contributed by atoms with Gasteiger partial charge in [0.15, 0.2) is 34.7 Å². The van der Waals surface area contributed by atoms with Gasteiger partial charge in [-0.1, -0.05) is 60.7 Å². The van der Waals surface area contributed by atoms with Gasteiger partial charge in [-0.15, -0.1) is 0 Å². The minimum Gasteiger partial charge on any atom is -0.460 e. The third-order valence-corrected chi connectivity index (χ3v) is 12.7. The molecule has 400 valence electrons. The lowest BCUT2D eigenvalue weighted by Crippen LogP contribution is -2.40. The van der Waals surface area contributed by atoms with E-state index in [1.807, 2.05) is 60.7 Å². The number of benzene rings is 2. The Kier molecular flexibility index (Phi) is 22.2. The Bertz CT molecular complexity index is 2530. The largest absolute Gasteiger partial charge is 0.460 e. The van der Waals surface area contributed by atoms with Gasteiger partial charge in [-0.2, -0.15) is 0 Å². The Balaban J connectivity index is 0.000000190. The molecule has 0 spiro atoms. The van der Waals surface area contributed by atoms with E-state index in [1.165, 1.54) is 6.92 Å². The van der Waals surface area contributed by atoms with Gasteiger partial charge >= 0.3 is 5.97 Å². The molecule has 0 unspecified atom stereocenters. The quantitative estimate of drug-likeness (QED) is 0.0687. The number of nitrogens with zero attached hydrogens (tertiary/aromatic N) is 10. The van der Waals surface area contributed by atoms with Crippen LogP contribution in [-0.2, 0) is 39.8 Å². The van der Waals surface area contributed by atoms with Gasteiger partial charge in [-0.05, 0) is 13.8 Å². The third-order valence-electron chi connectivity index (χ3n) is 12.7. The Morgan fingerprint density at radius 1 is 0.568 bits per heavy atom. The Morgan fingerprint density at radius 3 is 1.36 bits per heavy atom. The number of aryl methyl sites for hydroxylation is 1. The van der Waals surface area contributed by atoms with E-state index >= 15 is 0 Å². The molecule has 3 aromatic heterocycles. The molecule has 0 aliphatic carbocycles. The maximum Gasteiger partial charge on any atom is 0.374 e. The molecule has 0 radical (unpaired) electrons. The van der Waals surface area contributed by atoms with E-state index in [1.54, 1.807) is 18.4 Å². The Hall–Kier alpha value is -6.24. The molecule has 5 aromatic rings. The zero-order valence-electron chi connectivity index (χ0n) is 43.3. The number of rotatable bonds is 19. The van der Waals surface area contributed by atoms with Crippen LogP contribution in [0, 0.1) is 6.92 Å². The van der Waals surface area contributed by atoms with Gasteiger partial charge in [-0.3, -0.25) is 33.8 Å². The average Bonchev–Trinajstić information content (AvgIpc) is 3.44. The van der Waals surface area contributed by atoms with Crippen LogP contribution < -0.4 is 27.2 Å². The number of Topliss-reactive ketones (excluding diaryl/α,β-unsaturated/α-hetero) is 1. The Labute approximate surface area is 433 Å². The highest BCUT2D eigenvalue weighted by Crippen LogP contribution is 2.28. The molecule has 5 N–H and O–H groups in total. The van der Waals surface area contributed by atoms with Crippen molar-refractivity contribution in [2.24, 2.45) is 0 Å². The summed E-state index contributed by atoms with van der Waals surface area (Å²) in [6.45, 7) is 24.8. The second kappa shape index (κ2) is 29.6. The number of ether oxygens (including phenoxy) is 5. The number of hydrogen-bond donors (Lipinski definition) is 4. The lowest BCUT2D eigenvalue weighted by molar-refractivity contribution is -0.152. The molecule has 2 aromatic carbocycles. The summed E-state index contributed by atoms with van der Waals surface area (Å²) < 4.78 is 27.8. The molecule has 9 rings (SSSR count). The van der Waals surface area contributed by atoms with E-state index in [-0.39, 0.29) is 12.2 Å². The van der Waals surface area contributed by atoms with Crippen LogP contribution in [0.1, 0.15) is 19.5 Å². The number of fused-ring (bicyclic) bond motifs is 1. The predicted molar refractivity (Wildman–Crippen MR) is 285 cm³/mol. The number of nitrogen functional groups attached to an aromatic ring is 1. The first kappa shape index (κ1) is 55.5. The van der Waals surface area contributed by atoms with Crippen LogP contribution in [0.3, 0.4) is 0 Å². The smallest absolute Gasteiger partial charge is 0.374 e. The molecule has 4 fully saturated rings. The van der Waals surface area contributed by atoms with Crippen molar-refractivity contribution in [3.63, 3.8) is 0 Å². The maximum absolute atomic E-state index is 13.2. The average molecular weight is 1020 g/mol. The first-order valence-electron chi connectivity index (χ1n) is 25.8. The summed E-state index contributed by atoms with van der Waals surface area (Å²) in [6, 6.07) is 19.9. The summed E-state index contributed by atoms with van der Waals surface area (Å²) in [5.74, 6) is 1.95. The van der Waals surface area contributed by atoms with Crippen molar-refractivity contribution >= 4 is 46.1 Å². The van der Waals surface area contributed by atoms with Gasteiger partial charge < -0.3 is 45.4 Å². The van der Waals surface area contributed by atoms with Crippen LogP contribution in [-0.4, -0.2) is 218 Å². The summed E-state index contributed by atoms with van der Waals surface area (Å²) in [7, 11) is 0. The fourth-order valence-corrected chi connectivity index (χ4v) is 8.51. The minimum absolute atomic E-state index is 0.109. The molecular formula is C52H74N14O8. The molecule has 4 aliphatic heterocycles. The zero-order valence-corrected chi connectivity index (χ0v) is 43.3. The predicted octanol–water partition coefficient (Wildman–Crippen LogP) is 2.59. The van der Waals surface area contributed by atoms with Crippen LogP contribution in [0.4, 0.5) is 23.1 Å². The molecule has 4 aliphatic rings. The van der Waals surface area contributed by atoms with Gasteiger partial charge in [0.25, 0.3) is 5.56 Å². The molecule has 74 heavy (non-hydrogen) atoms. The molecular weight excluding hydrogens is 949 g/mol. The second-order valence-corrected chi connectivity index (χ2v) is 18.0. The SMILES string of the molecule is CCOC(=O)C(C)=O.Cc1nc2c(NCCN3CCOCC3)nc(-c3ccccc3)nc2n(CCN2CCOCC2)c1=O.Nc1c(NCCN2CCOCC2)nc(-c2ccccc2)nc1NCCN1CCOCC1. The van der Waals surface area contributed by atoms with Crippen LogP contribution >= 0.6 is 0 Å². The standard InChI is InChI=1S/C25H33N7O3.C22H33N7O2.C5H8O3/c1-19-25(33)32(10-9-31-13-17-35-18-14-31)24-21(27-19)23(26-7-8-30-11-15-34-16-12-30)28-22(29-24)20-5-3-2-4-6-20;23-19-21(24-6-8-28-10-14-30-15-11-28)26-20(18-4-2-1-3-5-18)27-22(19)25-7-9-29-12-16-31-17-13-29;1-3-8-5(7)4(2)6/h2-6H,7-18H2,1H3,(H,26,28,29);1-5H,6-17,23H2,(H2,24,25,26,27);3H2,1-2H3. The normalized spacial score (nSPS) is 16.8. The van der Waals surface area contributed by atoms with Crippen molar-refractivity contribution in [3.8, 4) is 22.8 Å². The van der Waals surface area contributed by atoms with Gasteiger partial charge in [0.05, 0.1) is 59.5 Å². The highest BCUT2D eigenvalue weighted by Gasteiger charge is 2.20. The van der Waals surface area contributed by atoms with Crippen molar-refractivity contribution in [1.29, 1.82) is 0 Å².